The number of hydrogen-bond donors (Lipinski definition) is 0. The number of fused-ring (bicyclic) bond motifs is 20. The first-order chi connectivity index (χ1) is 79.3. The van der Waals surface area contributed by atoms with E-state index in [2.05, 4.69) is 0 Å². The van der Waals surface area contributed by atoms with Crippen molar-refractivity contribution in [2.24, 2.45) is 0 Å². The molecule has 8 aliphatic rings. The predicted octanol–water partition coefficient (Wildman–Crippen LogP) is 22.2. The highest BCUT2D eigenvalue weighted by Crippen LogP contribution is 2.60. The number of nitrogens with zero attached hydrogens (tertiary/aromatic N) is 4. The highest BCUT2D eigenvalue weighted by molar-refractivity contribution is 8.00. The molecule has 0 spiro atoms. The quantitative estimate of drug-likeness (QED) is 0.110. The lowest BCUT2D eigenvalue weighted by Gasteiger charge is -2.51. The van der Waals surface area contributed by atoms with Gasteiger partial charge in [0.15, 0.2) is 0 Å². The van der Waals surface area contributed by atoms with Crippen LogP contribution < -0.4 is 85.2 Å². The van der Waals surface area contributed by atoms with Gasteiger partial charge in [0.1, 0.15) is 0 Å². The molecule has 0 aromatic heterocycles. The van der Waals surface area contributed by atoms with Gasteiger partial charge in [0.2, 0.25) is 13.4 Å². The summed E-state index contributed by atoms with van der Waals surface area (Å²) in [5.41, 5.74) is -16.6. The van der Waals surface area contributed by atoms with Gasteiger partial charge < -0.3 is 19.6 Å². The zero-order valence-electron chi connectivity index (χ0n) is 106. The summed E-state index contributed by atoms with van der Waals surface area (Å²) in [6, 6.07) is -1.23. The summed E-state index contributed by atoms with van der Waals surface area (Å²) in [7, 11) is 0. The summed E-state index contributed by atoms with van der Waals surface area (Å²) in [5.74, 6) is 0. The van der Waals surface area contributed by atoms with Crippen molar-refractivity contribution in [2.75, 3.05) is 19.6 Å². The molecule has 126 heavy (non-hydrogen) atoms. The van der Waals surface area contributed by atoms with Gasteiger partial charge in [-0.15, -0.1) is 0 Å². The van der Waals surface area contributed by atoms with E-state index in [1.54, 1.807) is 36.4 Å². The van der Waals surface area contributed by atoms with E-state index in [4.69, 9.17) is 21.9 Å². The molecule has 0 unspecified atom stereocenters. The molecule has 4 nitrogen and oxygen atoms in total. The maximum Gasteiger partial charge on any atom is 0.419 e. The molecule has 0 N–H and O–H groups in total. The lowest BCUT2D eigenvalue weighted by atomic mass is 9.29. The van der Waals surface area contributed by atoms with Crippen LogP contribution >= 0.6 is 23.5 Å². The minimum Gasteiger partial charge on any atom is -0.312 e. The van der Waals surface area contributed by atoms with Crippen molar-refractivity contribution >= 4 is 184 Å². The van der Waals surface area contributed by atoms with Crippen molar-refractivity contribution in [1.82, 2.24) is 0 Å². The van der Waals surface area contributed by atoms with E-state index in [1.165, 1.54) is 24.3 Å². The predicted molar refractivity (Wildman–Crippen MR) is 514 cm³/mol. The van der Waals surface area contributed by atoms with Crippen LogP contribution in [0.5, 0.6) is 0 Å². The lowest BCUT2D eigenvalue weighted by Crippen LogP contribution is -2.68. The van der Waals surface area contributed by atoms with Crippen molar-refractivity contribution in [2.45, 2.75) is 31.9 Å². The molecule has 0 amide bonds. The largest absolute Gasteiger partial charge is 0.419 e. The fraction of sp³-hybridized carbons (Fsp3) is 0.0182. The average molecular weight is 1710 g/mol. The van der Waals surface area contributed by atoms with Crippen LogP contribution in [0.4, 0.5) is 94.6 Å². The van der Waals surface area contributed by atoms with Crippen molar-refractivity contribution < 1.29 is 83.9 Å². The first-order valence-electron chi connectivity index (χ1n) is 60.0. The summed E-state index contributed by atoms with van der Waals surface area (Å²) in [5, 5.41) is 0. The minimum absolute atomic E-state index is 0.0731. The minimum atomic E-state index is -5.75. The smallest absolute Gasteiger partial charge is 0.312 e. The third kappa shape index (κ3) is 11.1. The Labute approximate surface area is 794 Å². The fourth-order valence-corrected chi connectivity index (χ4v) is 21.8. The number of benzene rings is 18. The summed E-state index contributed by atoms with van der Waals surface area (Å²) >= 11 is 1.27. The Hall–Kier alpha value is -14.3. The number of halogens is 6. The van der Waals surface area contributed by atoms with Gasteiger partial charge in [0.05, 0.1) is 91.4 Å². The molecule has 0 radical (unpaired) electrons. The molecule has 8 heterocycles. The number of alkyl halides is 6. The van der Waals surface area contributed by atoms with E-state index in [0.717, 1.165) is 32.7 Å². The Balaban J connectivity index is 0.000000169. The Morgan fingerprint density at radius 3 is 0.873 bits per heavy atom. The molecule has 16 heteroatoms. The number of anilines is 12. The molecular weight excluding hydrogens is 1600 g/mol. The van der Waals surface area contributed by atoms with Crippen LogP contribution in [-0.4, -0.2) is 26.9 Å². The number of para-hydroxylation sites is 6. The Bertz CT molecular complexity index is 10000. The molecule has 0 fully saturated rings. The highest BCUT2D eigenvalue weighted by Gasteiger charge is 2.59. The van der Waals surface area contributed by atoms with Crippen LogP contribution in [0.15, 0.2) is 419 Å². The molecule has 0 saturated carbocycles. The zero-order chi connectivity index (χ0) is 121. The average Bonchev–Trinajstić information content (AvgIpc) is 0.667. The second kappa shape index (κ2) is 28.6. The van der Waals surface area contributed by atoms with E-state index < -0.39 is 421 Å². The van der Waals surface area contributed by atoms with Crippen LogP contribution in [0.1, 0.15) is 68.7 Å². The number of hydrogen-bond acceptors (Lipinski definition) is 6. The van der Waals surface area contributed by atoms with Gasteiger partial charge in [0.25, 0.3) is 13.4 Å². The van der Waals surface area contributed by atoms with Crippen molar-refractivity contribution in [3.05, 3.63) is 411 Å². The van der Waals surface area contributed by atoms with Crippen LogP contribution in [0.25, 0.3) is 66.8 Å². The van der Waals surface area contributed by atoms with Crippen LogP contribution in [0, 0.1) is 0 Å². The third-order valence-electron chi connectivity index (χ3n) is 23.8. The van der Waals surface area contributed by atoms with Crippen LogP contribution in [-0.2, 0) is 12.4 Å². The monoisotopic (exact) mass is 1710 g/mol. The maximum atomic E-state index is 18.0. The topological polar surface area (TPSA) is 13.0 Å². The highest BCUT2D eigenvalue weighted by atomic mass is 32.2. The van der Waals surface area contributed by atoms with E-state index in [1.807, 2.05) is 89.8 Å². The van der Waals surface area contributed by atoms with Gasteiger partial charge in [-0.3, -0.25) is 0 Å². The molecule has 0 bridgehead atoms. The van der Waals surface area contributed by atoms with Crippen molar-refractivity contribution in [1.29, 1.82) is 0 Å². The molecule has 592 valence electrons. The molecular formula is C110H66B4F6N4S2. The lowest BCUT2D eigenvalue weighted by molar-refractivity contribution is -0.139. The summed E-state index contributed by atoms with van der Waals surface area (Å²) in [4.78, 5) is 3.33. The Kier molecular flexibility index (Phi) is 9.85. The standard InChI is InChI=1S/C61H37B2F3N2S.C49H29B2F3N2S/c64-61(65,66)54-58-55-59-56-60(54)69-53-31-16-14-29-47(53)63(56)49-37-43(39-20-7-2-8-21-39)33-35-52(49)67(59)51-34-32-42(38-18-5-1-6-19-38)36-48(51)62(55)46-28-13-15-30-50(46)68(58)57-44(40-22-9-3-10-23-40)26-17-27-45(57)41-24-11-4-12-25-41;52-49(53,54)42-46-43-47-44-48(42)57-41-29-14-10-25-37(41)51(44)35-23-8-12-27-39(35)55(47)38-26-11-7-22-34(38)50(43)36-24-9-13-28-40(36)56(46)45-32(30-16-3-1-4-17-30)20-15-21-33(45)31-18-5-2-6-19-31/h1-37H;1-29H/i3D,4D,9D,10D,11D,12D,13D,15D,17D,22D,23D,24D,25D,26D,27D,28D,30D;1D,2D,3D,4D,5D,6D,7D,8D,9D,11D,12D,13D,15D,16D,17D,18D,19D,20D,21D,22D,23D,24D,26D,27D,28D. The van der Waals surface area contributed by atoms with Gasteiger partial charge in [-0.1, -0.05) is 385 Å². The number of rotatable bonds is 8. The molecule has 18 aromatic carbocycles. The van der Waals surface area contributed by atoms with Crippen molar-refractivity contribution in [3.63, 3.8) is 0 Å². The van der Waals surface area contributed by atoms with Gasteiger partial charge in [-0.05, 0) is 148 Å². The van der Waals surface area contributed by atoms with Crippen LogP contribution in [0.2, 0.25) is 0 Å². The third-order valence-corrected chi connectivity index (χ3v) is 26.2. The van der Waals surface area contributed by atoms with Gasteiger partial charge in [-0.25, -0.2) is 0 Å². The normalized spacial score (nSPS) is 18.4. The molecule has 26 rings (SSSR count). The summed E-state index contributed by atoms with van der Waals surface area (Å²) in [6.07, 6.45) is -11.2. The summed E-state index contributed by atoms with van der Waals surface area (Å²) in [6.45, 7) is -6.33. The second-order valence-electron chi connectivity index (χ2n) is 30.1. The van der Waals surface area contributed by atoms with Crippen molar-refractivity contribution in [3.8, 4) is 66.8 Å². The van der Waals surface area contributed by atoms with E-state index >= 15 is 26.3 Å². The maximum absolute atomic E-state index is 18.0. The van der Waals surface area contributed by atoms with Gasteiger partial charge in [0, 0.05) is 87.3 Å². The van der Waals surface area contributed by atoms with Gasteiger partial charge in [-0.2, -0.15) is 26.3 Å². The van der Waals surface area contributed by atoms with Gasteiger partial charge >= 0.3 is 12.4 Å². The zero-order valence-corrected chi connectivity index (χ0v) is 65.7. The second-order valence-corrected chi connectivity index (χ2v) is 32.2. The first-order valence-corrected chi connectivity index (χ1v) is 40.7. The SMILES string of the molecule is [2H]c1c([2H])c([2H])c(-c2c([2H])c([2H])c([2H])c(-c3c([2H])c([2H])c([2H])c([2H])c3[2H])c2N2c3c([2H])c([2H])c([2H])c([2H])c3B3c4c([2H])c([2H])c([2H])c([2H])c4N4c5c([2H])c([2H])c([2H])c([2H])c5B5c6ccccc6Sc6c5c4c3c2c6C(F)(F)F)c([2H])c1[2H].[2H]c1c([2H])c([2H])c(-c2c([2H])c([2H])c([2H])c(-c3c([2H])c([2H])c([2H])c([2H])c3[2H])c2N2c3c([2H])c([2H])c([2H])c([2H])c3B3c4cc(-c5ccccc5)ccc4N4c5ccc(-c6ccccc6)cc5B5c6ccccc6Sc6c5c4c3c2c6C(F)(F)F)c([2H])c1[2H]. The van der Waals surface area contributed by atoms with E-state index in [-0.39, 0.29) is 53.7 Å². The molecule has 0 aliphatic carbocycles. The van der Waals surface area contributed by atoms with Crippen LogP contribution in [0.3, 0.4) is 0 Å². The molecule has 18 aromatic rings. The molecule has 0 atom stereocenters. The summed E-state index contributed by atoms with van der Waals surface area (Å²) < 4.78 is 496. The fourth-order valence-electron chi connectivity index (χ4n) is 19.2. The molecule has 0 saturated heterocycles. The first kappa shape index (κ1) is 43.3. The Morgan fingerprint density at radius 1 is 0.222 bits per heavy atom. The molecule has 8 aliphatic heterocycles. The van der Waals surface area contributed by atoms with E-state index in [9.17, 15) is 35.6 Å². The van der Waals surface area contributed by atoms with E-state index in [0.29, 0.717) is 55.0 Å². The Morgan fingerprint density at radius 2 is 0.516 bits per heavy atom.